The van der Waals surface area contributed by atoms with E-state index >= 15 is 0 Å². The number of hydrogen-bond donors (Lipinski definition) is 1. The van der Waals surface area contributed by atoms with Crippen molar-refractivity contribution < 1.29 is 14.1 Å². The van der Waals surface area contributed by atoms with Gasteiger partial charge >= 0.3 is 5.88 Å². The van der Waals surface area contributed by atoms with Crippen molar-refractivity contribution in [2.24, 2.45) is 11.0 Å². The van der Waals surface area contributed by atoms with Crippen LogP contribution in [0.25, 0.3) is 0 Å². The Kier molecular flexibility index (Phi) is 3.69. The average Bonchev–Trinajstić information content (AvgIpc) is 3.19. The summed E-state index contributed by atoms with van der Waals surface area (Å²) in [5, 5.41) is 14.2. The van der Waals surface area contributed by atoms with E-state index in [1.165, 1.54) is 18.3 Å². The molecule has 2 aromatic rings. The van der Waals surface area contributed by atoms with E-state index in [1.807, 2.05) is 30.3 Å². The third-order valence-corrected chi connectivity index (χ3v) is 3.51. The normalized spacial score (nSPS) is 20.0. The first-order valence-electron chi connectivity index (χ1n) is 6.77. The largest absolute Gasteiger partial charge is 0.433 e. The van der Waals surface area contributed by atoms with Crippen LogP contribution < -0.4 is 5.43 Å². The van der Waals surface area contributed by atoms with Gasteiger partial charge in [0.15, 0.2) is 5.76 Å². The lowest BCUT2D eigenvalue weighted by molar-refractivity contribution is -0.402. The summed E-state index contributed by atoms with van der Waals surface area (Å²) in [6.07, 6.45) is 2.04. The predicted molar refractivity (Wildman–Crippen MR) is 78.4 cm³/mol. The average molecular weight is 299 g/mol. The maximum absolute atomic E-state index is 11.9. The van der Waals surface area contributed by atoms with Crippen LogP contribution >= 0.6 is 0 Å². The summed E-state index contributed by atoms with van der Waals surface area (Å²) in [5.74, 6) is -0.153. The molecule has 0 spiro atoms. The van der Waals surface area contributed by atoms with Gasteiger partial charge in [-0.25, -0.2) is 5.43 Å². The third-order valence-electron chi connectivity index (χ3n) is 3.51. The summed E-state index contributed by atoms with van der Waals surface area (Å²) in [6, 6.07) is 12.5. The molecular formula is C15H13N3O4. The molecule has 0 unspecified atom stereocenters. The van der Waals surface area contributed by atoms with E-state index in [0.717, 1.165) is 12.0 Å². The Labute approximate surface area is 125 Å². The van der Waals surface area contributed by atoms with Crippen molar-refractivity contribution in [2.75, 3.05) is 0 Å². The molecule has 1 amide bonds. The summed E-state index contributed by atoms with van der Waals surface area (Å²) in [6.45, 7) is 0. The van der Waals surface area contributed by atoms with Crippen LogP contribution in [0.4, 0.5) is 5.88 Å². The second kappa shape index (κ2) is 5.80. The maximum atomic E-state index is 11.9. The molecule has 2 atom stereocenters. The Hall–Kier alpha value is -2.96. The van der Waals surface area contributed by atoms with Gasteiger partial charge in [-0.3, -0.25) is 14.9 Å². The highest BCUT2D eigenvalue weighted by Gasteiger charge is 2.43. The van der Waals surface area contributed by atoms with Crippen molar-refractivity contribution in [1.82, 2.24) is 5.43 Å². The minimum absolute atomic E-state index is 0.0783. The Bertz CT molecular complexity index is 723. The van der Waals surface area contributed by atoms with Crippen molar-refractivity contribution in [3.05, 3.63) is 63.9 Å². The molecule has 7 nitrogen and oxygen atoms in total. The number of carbonyl (C=O) groups excluding carboxylic acids is 1. The van der Waals surface area contributed by atoms with Gasteiger partial charge in [-0.2, -0.15) is 5.10 Å². The lowest BCUT2D eigenvalue weighted by Crippen LogP contribution is -2.20. The molecule has 1 N–H and O–H groups in total. The van der Waals surface area contributed by atoms with Crippen LogP contribution in [-0.2, 0) is 4.79 Å². The van der Waals surface area contributed by atoms with E-state index in [2.05, 4.69) is 10.5 Å². The Morgan fingerprint density at radius 1 is 1.32 bits per heavy atom. The molecule has 0 aliphatic heterocycles. The van der Waals surface area contributed by atoms with Crippen molar-refractivity contribution in [3.63, 3.8) is 0 Å². The van der Waals surface area contributed by atoms with Gasteiger partial charge in [-0.05, 0) is 24.0 Å². The Morgan fingerprint density at radius 2 is 2.09 bits per heavy atom. The molecule has 0 radical (unpaired) electrons. The van der Waals surface area contributed by atoms with Crippen LogP contribution in [0, 0.1) is 16.0 Å². The molecule has 0 saturated heterocycles. The lowest BCUT2D eigenvalue weighted by Gasteiger charge is -1.99. The van der Waals surface area contributed by atoms with E-state index in [0.29, 0.717) is 0 Å². The first-order chi connectivity index (χ1) is 10.6. The van der Waals surface area contributed by atoms with Gasteiger partial charge in [-0.1, -0.05) is 30.3 Å². The van der Waals surface area contributed by atoms with Gasteiger partial charge in [0.1, 0.15) is 4.92 Å². The minimum Gasteiger partial charge on any atom is -0.400 e. The van der Waals surface area contributed by atoms with Crippen molar-refractivity contribution in [3.8, 4) is 0 Å². The summed E-state index contributed by atoms with van der Waals surface area (Å²) in [7, 11) is 0. The Balaban J connectivity index is 1.53. The molecule has 7 heteroatoms. The molecule has 1 aromatic carbocycles. The van der Waals surface area contributed by atoms with Crippen LogP contribution in [0.2, 0.25) is 0 Å². The molecule has 1 heterocycles. The number of nitrogens with one attached hydrogen (secondary N) is 1. The molecule has 1 aliphatic carbocycles. The van der Waals surface area contributed by atoms with E-state index in [9.17, 15) is 14.9 Å². The lowest BCUT2D eigenvalue weighted by atomic mass is 10.1. The quantitative estimate of drug-likeness (QED) is 0.521. The zero-order chi connectivity index (χ0) is 15.5. The van der Waals surface area contributed by atoms with Gasteiger partial charge < -0.3 is 4.42 Å². The zero-order valence-electron chi connectivity index (χ0n) is 11.5. The number of nitrogens with zero attached hydrogens (tertiary/aromatic N) is 2. The third kappa shape index (κ3) is 3.03. The highest BCUT2D eigenvalue weighted by atomic mass is 16.6. The number of hydrazone groups is 1. The number of amides is 1. The minimum atomic E-state index is -0.634. The Morgan fingerprint density at radius 3 is 2.77 bits per heavy atom. The highest BCUT2D eigenvalue weighted by molar-refractivity contribution is 5.84. The summed E-state index contributed by atoms with van der Waals surface area (Å²) in [4.78, 5) is 21.8. The summed E-state index contributed by atoms with van der Waals surface area (Å²) in [5.41, 5.74) is 3.58. The van der Waals surface area contributed by atoms with Crippen molar-refractivity contribution in [2.45, 2.75) is 12.3 Å². The summed E-state index contributed by atoms with van der Waals surface area (Å²) < 4.78 is 4.89. The van der Waals surface area contributed by atoms with E-state index in [-0.39, 0.29) is 29.4 Å². The first-order valence-corrected chi connectivity index (χ1v) is 6.77. The molecule has 1 aromatic heterocycles. The molecule has 112 valence electrons. The molecule has 1 aliphatic rings. The number of carbonyl (C=O) groups is 1. The second-order valence-corrected chi connectivity index (χ2v) is 5.03. The fraction of sp³-hybridized carbons (Fsp3) is 0.200. The van der Waals surface area contributed by atoms with Crippen LogP contribution in [0.5, 0.6) is 0 Å². The second-order valence-electron chi connectivity index (χ2n) is 5.03. The number of benzene rings is 1. The van der Waals surface area contributed by atoms with E-state index in [4.69, 9.17) is 4.42 Å². The van der Waals surface area contributed by atoms with Crippen molar-refractivity contribution >= 4 is 18.0 Å². The van der Waals surface area contributed by atoms with Gasteiger partial charge in [0.05, 0.1) is 12.3 Å². The topological polar surface area (TPSA) is 97.7 Å². The smallest absolute Gasteiger partial charge is 0.400 e. The molecular weight excluding hydrogens is 286 g/mol. The van der Waals surface area contributed by atoms with Crippen molar-refractivity contribution in [1.29, 1.82) is 0 Å². The molecule has 3 rings (SSSR count). The van der Waals surface area contributed by atoms with Gasteiger partial charge in [0.2, 0.25) is 5.91 Å². The fourth-order valence-corrected chi connectivity index (χ4v) is 2.31. The number of hydrogen-bond acceptors (Lipinski definition) is 5. The zero-order valence-corrected chi connectivity index (χ0v) is 11.5. The number of furan rings is 1. The van der Waals surface area contributed by atoms with Gasteiger partial charge in [0, 0.05) is 5.92 Å². The van der Waals surface area contributed by atoms with E-state index < -0.39 is 4.92 Å². The first kappa shape index (κ1) is 14.0. The van der Waals surface area contributed by atoms with Crippen LogP contribution in [-0.4, -0.2) is 17.0 Å². The summed E-state index contributed by atoms with van der Waals surface area (Å²) >= 11 is 0. The number of rotatable bonds is 5. The maximum Gasteiger partial charge on any atom is 0.433 e. The number of nitro groups is 1. The molecule has 22 heavy (non-hydrogen) atoms. The van der Waals surface area contributed by atoms with Gasteiger partial charge in [-0.15, -0.1) is 0 Å². The van der Waals surface area contributed by atoms with E-state index in [1.54, 1.807) is 0 Å². The highest BCUT2D eigenvalue weighted by Crippen LogP contribution is 2.47. The predicted octanol–water partition coefficient (Wildman–Crippen LogP) is 2.44. The van der Waals surface area contributed by atoms with Crippen LogP contribution in [0.3, 0.4) is 0 Å². The van der Waals surface area contributed by atoms with Crippen LogP contribution in [0.1, 0.15) is 23.7 Å². The van der Waals surface area contributed by atoms with Gasteiger partial charge in [0.25, 0.3) is 0 Å². The molecule has 1 saturated carbocycles. The fourth-order valence-electron chi connectivity index (χ4n) is 2.31. The standard InChI is InChI=1S/C15H13N3O4/c19-15(13-8-12(13)10-4-2-1-3-5-10)17-16-9-11-6-7-14(22-11)18(20)21/h1-7,9,12-13H,8H2,(H,17,19)/b16-9-/t12-,13+/m1/s1. The monoisotopic (exact) mass is 299 g/mol. The molecule has 0 bridgehead atoms. The van der Waals surface area contributed by atoms with Crippen LogP contribution in [0.15, 0.2) is 52.0 Å². The molecule has 1 fully saturated rings. The SMILES string of the molecule is O=C(N/N=C\c1ccc([N+](=O)[O-])o1)[C@H]1C[C@@H]1c1ccccc1.